The first kappa shape index (κ1) is 13.3. The highest BCUT2D eigenvalue weighted by molar-refractivity contribution is 7.89. The molecule has 0 unspecified atom stereocenters. The predicted molar refractivity (Wildman–Crippen MR) is 70.9 cm³/mol. The summed E-state index contributed by atoms with van der Waals surface area (Å²) in [5.74, 6) is 0. The molecule has 2 rings (SSSR count). The number of nitrogens with zero attached hydrogens (tertiary/aromatic N) is 1. The number of sulfonamides is 1. The quantitative estimate of drug-likeness (QED) is 0.822. The summed E-state index contributed by atoms with van der Waals surface area (Å²) in [5, 5.41) is 2.87. The molecule has 1 aliphatic rings. The lowest BCUT2D eigenvalue weighted by Crippen LogP contribution is -2.30. The molecule has 0 saturated heterocycles. The molecule has 18 heavy (non-hydrogen) atoms. The Bertz CT molecular complexity index is 524. The highest BCUT2D eigenvalue weighted by Crippen LogP contribution is 2.48. The molecular formula is C12H19N3O2S. The Hall–Kier alpha value is -1.14. The minimum Gasteiger partial charge on any atom is -0.387 e. The molecule has 1 aliphatic carbocycles. The lowest BCUT2D eigenvalue weighted by atomic mass is 10.1. The maximum absolute atomic E-state index is 12.2. The van der Waals surface area contributed by atoms with Gasteiger partial charge in [-0.15, -0.1) is 0 Å². The fourth-order valence-electron chi connectivity index (χ4n) is 1.96. The molecule has 2 N–H and O–H groups in total. The van der Waals surface area contributed by atoms with Crippen molar-refractivity contribution in [1.82, 2.24) is 9.71 Å². The average molecular weight is 269 g/mol. The van der Waals surface area contributed by atoms with Gasteiger partial charge in [-0.3, -0.25) is 4.98 Å². The summed E-state index contributed by atoms with van der Waals surface area (Å²) in [6.45, 7) is 2.62. The van der Waals surface area contributed by atoms with Crippen LogP contribution in [0.2, 0.25) is 0 Å². The van der Waals surface area contributed by atoms with Crippen LogP contribution in [0.3, 0.4) is 0 Å². The Morgan fingerprint density at radius 1 is 1.44 bits per heavy atom. The van der Waals surface area contributed by atoms with Gasteiger partial charge in [-0.05, 0) is 30.7 Å². The standard InChI is InChI=1S/C12H19N3O2S/c1-3-12(5-6-12)9-15-18(16,17)11-8-14-7-4-10(11)13-2/h4,7-8,15H,3,5-6,9H2,1-2H3,(H,13,14). The molecule has 0 radical (unpaired) electrons. The van der Waals surface area contributed by atoms with Crippen molar-refractivity contribution in [3.8, 4) is 0 Å². The van der Waals surface area contributed by atoms with Crippen LogP contribution in [-0.4, -0.2) is 27.0 Å². The highest BCUT2D eigenvalue weighted by Gasteiger charge is 2.41. The molecular weight excluding hydrogens is 250 g/mol. The Labute approximate surface area is 108 Å². The molecule has 6 heteroatoms. The third-order valence-electron chi connectivity index (χ3n) is 3.69. The second-order valence-electron chi connectivity index (χ2n) is 4.80. The fraction of sp³-hybridized carbons (Fsp3) is 0.583. The predicted octanol–water partition coefficient (Wildman–Crippen LogP) is 1.59. The van der Waals surface area contributed by atoms with Crippen LogP contribution in [0.25, 0.3) is 0 Å². The van der Waals surface area contributed by atoms with Crippen LogP contribution in [0, 0.1) is 5.41 Å². The van der Waals surface area contributed by atoms with Crippen molar-refractivity contribution >= 4 is 15.7 Å². The highest BCUT2D eigenvalue weighted by atomic mass is 32.2. The smallest absolute Gasteiger partial charge is 0.244 e. The largest absolute Gasteiger partial charge is 0.387 e. The second kappa shape index (κ2) is 4.85. The van der Waals surface area contributed by atoms with Gasteiger partial charge in [0, 0.05) is 26.0 Å². The molecule has 0 aromatic carbocycles. The van der Waals surface area contributed by atoms with Crippen molar-refractivity contribution in [3.63, 3.8) is 0 Å². The van der Waals surface area contributed by atoms with Crippen molar-refractivity contribution in [1.29, 1.82) is 0 Å². The number of anilines is 1. The zero-order valence-electron chi connectivity index (χ0n) is 10.7. The molecule has 100 valence electrons. The van der Waals surface area contributed by atoms with Crippen LogP contribution in [0.4, 0.5) is 5.69 Å². The normalized spacial score (nSPS) is 17.4. The number of hydrogen-bond acceptors (Lipinski definition) is 4. The van der Waals surface area contributed by atoms with Crippen molar-refractivity contribution in [2.75, 3.05) is 18.9 Å². The van der Waals surface area contributed by atoms with Gasteiger partial charge >= 0.3 is 0 Å². The van der Waals surface area contributed by atoms with E-state index in [-0.39, 0.29) is 10.3 Å². The SMILES string of the molecule is CCC1(CNS(=O)(=O)c2cnccc2NC)CC1. The van der Waals surface area contributed by atoms with E-state index >= 15 is 0 Å². The van der Waals surface area contributed by atoms with Gasteiger partial charge in [-0.2, -0.15) is 0 Å². The molecule has 1 heterocycles. The van der Waals surface area contributed by atoms with Gasteiger partial charge in [0.1, 0.15) is 4.90 Å². The molecule has 1 fully saturated rings. The van der Waals surface area contributed by atoms with Crippen molar-refractivity contribution in [2.24, 2.45) is 5.41 Å². The second-order valence-corrected chi connectivity index (χ2v) is 6.54. The summed E-state index contributed by atoms with van der Waals surface area (Å²) in [6, 6.07) is 1.65. The molecule has 0 aliphatic heterocycles. The minimum atomic E-state index is -3.48. The van der Waals surface area contributed by atoms with Crippen LogP contribution in [0.1, 0.15) is 26.2 Å². The first-order valence-electron chi connectivity index (χ1n) is 6.14. The summed E-state index contributed by atoms with van der Waals surface area (Å²) >= 11 is 0. The Kier molecular flexibility index (Phi) is 3.59. The van der Waals surface area contributed by atoms with Crippen LogP contribution < -0.4 is 10.0 Å². The monoisotopic (exact) mass is 269 g/mol. The summed E-state index contributed by atoms with van der Waals surface area (Å²) in [4.78, 5) is 4.09. The lowest BCUT2D eigenvalue weighted by molar-refractivity contribution is 0.475. The number of rotatable bonds is 6. The average Bonchev–Trinajstić information content (AvgIpc) is 3.17. The fourth-order valence-corrected chi connectivity index (χ4v) is 3.27. The van der Waals surface area contributed by atoms with E-state index in [4.69, 9.17) is 0 Å². The topological polar surface area (TPSA) is 71.1 Å². The van der Waals surface area contributed by atoms with Gasteiger partial charge in [0.15, 0.2) is 0 Å². The zero-order valence-corrected chi connectivity index (χ0v) is 11.5. The Morgan fingerprint density at radius 2 is 2.17 bits per heavy atom. The van der Waals surface area contributed by atoms with Gasteiger partial charge in [-0.25, -0.2) is 13.1 Å². The first-order valence-corrected chi connectivity index (χ1v) is 7.63. The van der Waals surface area contributed by atoms with E-state index in [9.17, 15) is 8.42 Å². The number of hydrogen-bond donors (Lipinski definition) is 2. The number of pyridine rings is 1. The van der Waals surface area contributed by atoms with Crippen LogP contribution in [0.5, 0.6) is 0 Å². The van der Waals surface area contributed by atoms with E-state index < -0.39 is 10.0 Å². The van der Waals surface area contributed by atoms with E-state index in [1.54, 1.807) is 19.3 Å². The summed E-state index contributed by atoms with van der Waals surface area (Å²) < 4.78 is 27.1. The molecule has 1 aromatic heterocycles. The third kappa shape index (κ3) is 2.64. The molecule has 5 nitrogen and oxygen atoms in total. The van der Waals surface area contributed by atoms with Gasteiger partial charge in [0.2, 0.25) is 10.0 Å². The molecule has 0 amide bonds. The maximum Gasteiger partial charge on any atom is 0.244 e. The van der Waals surface area contributed by atoms with Crippen molar-refractivity contribution < 1.29 is 8.42 Å². The summed E-state index contributed by atoms with van der Waals surface area (Å²) in [6.07, 6.45) is 6.18. The van der Waals surface area contributed by atoms with Crippen molar-refractivity contribution in [2.45, 2.75) is 31.1 Å². The van der Waals surface area contributed by atoms with Crippen LogP contribution >= 0.6 is 0 Å². The Balaban J connectivity index is 2.15. The zero-order chi connectivity index (χ0) is 13.2. The first-order chi connectivity index (χ1) is 8.53. The lowest BCUT2D eigenvalue weighted by Gasteiger charge is -2.15. The summed E-state index contributed by atoms with van der Waals surface area (Å²) in [7, 11) is -1.78. The van der Waals surface area contributed by atoms with Gasteiger partial charge in [-0.1, -0.05) is 6.92 Å². The van der Waals surface area contributed by atoms with Crippen LogP contribution in [0.15, 0.2) is 23.4 Å². The maximum atomic E-state index is 12.2. The van der Waals surface area contributed by atoms with E-state index in [0.717, 1.165) is 19.3 Å². The third-order valence-corrected chi connectivity index (χ3v) is 5.12. The van der Waals surface area contributed by atoms with E-state index in [2.05, 4.69) is 21.9 Å². The van der Waals surface area contributed by atoms with Gasteiger partial charge in [0.05, 0.1) is 5.69 Å². The number of nitrogens with one attached hydrogen (secondary N) is 2. The molecule has 0 spiro atoms. The van der Waals surface area contributed by atoms with E-state index in [0.29, 0.717) is 12.2 Å². The minimum absolute atomic E-state index is 0.190. The molecule has 1 saturated carbocycles. The molecule has 1 aromatic rings. The number of aromatic nitrogens is 1. The van der Waals surface area contributed by atoms with Gasteiger partial charge in [0.25, 0.3) is 0 Å². The van der Waals surface area contributed by atoms with E-state index in [1.807, 2.05) is 0 Å². The molecule has 0 atom stereocenters. The van der Waals surface area contributed by atoms with Crippen LogP contribution in [-0.2, 0) is 10.0 Å². The van der Waals surface area contributed by atoms with Gasteiger partial charge < -0.3 is 5.32 Å². The van der Waals surface area contributed by atoms with E-state index in [1.165, 1.54) is 6.20 Å². The summed E-state index contributed by atoms with van der Waals surface area (Å²) in [5.41, 5.74) is 0.758. The Morgan fingerprint density at radius 3 is 2.72 bits per heavy atom. The van der Waals surface area contributed by atoms with Crippen molar-refractivity contribution in [3.05, 3.63) is 18.5 Å². The molecule has 0 bridgehead atoms.